The van der Waals surface area contributed by atoms with Crippen molar-refractivity contribution in [2.75, 3.05) is 5.32 Å². The Kier molecular flexibility index (Phi) is 13.8. The van der Waals surface area contributed by atoms with Gasteiger partial charge in [0, 0.05) is 5.69 Å². The van der Waals surface area contributed by atoms with E-state index in [4.69, 9.17) is 0 Å². The second kappa shape index (κ2) is 16.2. The summed E-state index contributed by atoms with van der Waals surface area (Å²) in [5, 5.41) is 12.0. The number of rotatable bonds is 15. The van der Waals surface area contributed by atoms with E-state index in [2.05, 4.69) is 24.4 Å². The molecule has 0 spiro atoms. The highest BCUT2D eigenvalue weighted by Gasteiger charge is 1.97. The van der Waals surface area contributed by atoms with E-state index in [1.165, 1.54) is 64.2 Å². The van der Waals surface area contributed by atoms with Gasteiger partial charge in [-0.25, -0.2) is 0 Å². The first-order valence-corrected chi connectivity index (χ1v) is 10.6. The summed E-state index contributed by atoms with van der Waals surface area (Å²) in [6, 6.07) is 6.48. The molecule has 3 nitrogen and oxygen atoms in total. The van der Waals surface area contributed by atoms with Gasteiger partial charge in [-0.3, -0.25) is 4.79 Å². The second-order valence-corrected chi connectivity index (χ2v) is 7.10. The van der Waals surface area contributed by atoms with Crippen LogP contribution in [0.2, 0.25) is 0 Å². The largest absolute Gasteiger partial charge is 0.508 e. The fourth-order valence-corrected chi connectivity index (χ4v) is 2.90. The number of anilines is 1. The lowest BCUT2D eigenvalue weighted by Gasteiger charge is -2.01. The summed E-state index contributed by atoms with van der Waals surface area (Å²) in [6.07, 6.45) is 23.3. The highest BCUT2D eigenvalue weighted by molar-refractivity contribution is 5.99. The maximum atomic E-state index is 11.8. The van der Waals surface area contributed by atoms with E-state index < -0.39 is 0 Å². The monoisotopic (exact) mass is 371 g/mol. The molecule has 2 N–H and O–H groups in total. The van der Waals surface area contributed by atoms with Gasteiger partial charge in [0.15, 0.2) is 0 Å². The van der Waals surface area contributed by atoms with Crippen LogP contribution < -0.4 is 5.32 Å². The molecule has 0 atom stereocenters. The molecule has 1 amide bonds. The molecule has 0 bridgehead atoms. The van der Waals surface area contributed by atoms with Gasteiger partial charge in [-0.1, -0.05) is 63.7 Å². The van der Waals surface area contributed by atoms with Crippen molar-refractivity contribution in [1.29, 1.82) is 0 Å². The fourth-order valence-electron chi connectivity index (χ4n) is 2.90. The summed E-state index contributed by atoms with van der Waals surface area (Å²) in [5.74, 6) is 0.0686. The highest BCUT2D eigenvalue weighted by atomic mass is 16.3. The van der Waals surface area contributed by atoms with Crippen LogP contribution in [0.5, 0.6) is 5.75 Å². The minimum Gasteiger partial charge on any atom is -0.508 e. The number of carbonyl (C=O) groups excluding carboxylic acids is 1. The lowest BCUT2D eigenvalue weighted by atomic mass is 10.1. The average molecular weight is 372 g/mol. The Morgan fingerprint density at radius 3 is 1.96 bits per heavy atom. The van der Waals surface area contributed by atoms with Crippen molar-refractivity contribution in [1.82, 2.24) is 0 Å². The molecule has 27 heavy (non-hydrogen) atoms. The average Bonchev–Trinajstić information content (AvgIpc) is 2.66. The van der Waals surface area contributed by atoms with Crippen molar-refractivity contribution in [2.45, 2.75) is 84.0 Å². The molecule has 1 rings (SSSR count). The van der Waals surface area contributed by atoms with Gasteiger partial charge in [0.25, 0.3) is 0 Å². The lowest BCUT2D eigenvalue weighted by Crippen LogP contribution is -2.07. The molecule has 0 heterocycles. The summed E-state index contributed by atoms with van der Waals surface area (Å²) in [7, 11) is 0. The van der Waals surface area contributed by atoms with Crippen LogP contribution >= 0.6 is 0 Å². The van der Waals surface area contributed by atoms with E-state index in [9.17, 15) is 9.90 Å². The number of amides is 1. The second-order valence-electron chi connectivity index (χ2n) is 7.10. The van der Waals surface area contributed by atoms with Crippen molar-refractivity contribution < 1.29 is 9.90 Å². The highest BCUT2D eigenvalue weighted by Crippen LogP contribution is 2.13. The molecule has 0 aliphatic carbocycles. The molecule has 0 aliphatic rings. The van der Waals surface area contributed by atoms with Gasteiger partial charge in [0.1, 0.15) is 5.75 Å². The number of hydrogen-bond donors (Lipinski definition) is 2. The minimum absolute atomic E-state index is 0.127. The third-order valence-corrected chi connectivity index (χ3v) is 4.54. The fraction of sp³-hybridized carbons (Fsp3) is 0.542. The predicted octanol–water partition coefficient (Wildman–Crippen LogP) is 7.14. The summed E-state index contributed by atoms with van der Waals surface area (Å²) in [5.41, 5.74) is 0.690. The van der Waals surface area contributed by atoms with E-state index in [0.29, 0.717) is 5.69 Å². The van der Waals surface area contributed by atoms with Crippen LogP contribution in [0.1, 0.15) is 84.0 Å². The summed E-state index contributed by atoms with van der Waals surface area (Å²) < 4.78 is 0. The van der Waals surface area contributed by atoms with E-state index >= 15 is 0 Å². The Hall–Kier alpha value is -2.03. The first-order chi connectivity index (χ1) is 13.2. The number of aromatic hydroxyl groups is 1. The Labute approximate surface area is 165 Å². The number of phenolic OH excluding ortho intramolecular Hbond substituents is 1. The van der Waals surface area contributed by atoms with Crippen LogP contribution in [0.15, 0.2) is 48.6 Å². The van der Waals surface area contributed by atoms with E-state index in [1.54, 1.807) is 30.3 Å². The van der Waals surface area contributed by atoms with Gasteiger partial charge in [-0.05, 0) is 68.9 Å². The standard InChI is InChI=1S/C24H37NO2/c1-2-3-4-5-6-7-8-9-10-11-12-13-14-15-16-17-24(27)25-22-18-20-23(26)21-19-22/h9-10,16-21,26H,2-8,11-15H2,1H3,(H,25,27)/b10-9-,17-16+. The Morgan fingerprint density at radius 1 is 0.815 bits per heavy atom. The number of nitrogens with one attached hydrogen (secondary N) is 1. The third-order valence-electron chi connectivity index (χ3n) is 4.54. The molecule has 150 valence electrons. The molecular weight excluding hydrogens is 334 g/mol. The van der Waals surface area contributed by atoms with Crippen LogP contribution in [0.4, 0.5) is 5.69 Å². The predicted molar refractivity (Wildman–Crippen MR) is 116 cm³/mol. The molecule has 1 aromatic carbocycles. The van der Waals surface area contributed by atoms with Gasteiger partial charge in [0.2, 0.25) is 5.91 Å². The number of unbranched alkanes of at least 4 members (excludes halogenated alkanes) is 10. The van der Waals surface area contributed by atoms with Crippen molar-refractivity contribution >= 4 is 11.6 Å². The maximum absolute atomic E-state index is 11.8. The first kappa shape index (κ1) is 23.0. The van der Waals surface area contributed by atoms with Gasteiger partial charge in [-0.15, -0.1) is 0 Å². The van der Waals surface area contributed by atoms with Crippen LogP contribution in [-0.2, 0) is 4.79 Å². The molecule has 0 saturated heterocycles. The van der Waals surface area contributed by atoms with Crippen molar-refractivity contribution in [3.63, 3.8) is 0 Å². The van der Waals surface area contributed by atoms with Crippen LogP contribution in [0.25, 0.3) is 0 Å². The lowest BCUT2D eigenvalue weighted by molar-refractivity contribution is -0.111. The maximum Gasteiger partial charge on any atom is 0.248 e. The number of hydrogen-bond acceptors (Lipinski definition) is 2. The molecule has 0 aromatic heterocycles. The normalized spacial score (nSPS) is 11.4. The molecule has 3 heteroatoms. The summed E-state index contributed by atoms with van der Waals surface area (Å²) in [4.78, 5) is 11.8. The number of benzene rings is 1. The smallest absolute Gasteiger partial charge is 0.248 e. The summed E-state index contributed by atoms with van der Waals surface area (Å²) in [6.45, 7) is 2.26. The molecule has 0 radical (unpaired) electrons. The quantitative estimate of drug-likeness (QED) is 0.149. The molecule has 0 fully saturated rings. The number of allylic oxidation sites excluding steroid dienone is 3. The van der Waals surface area contributed by atoms with Crippen molar-refractivity contribution in [2.24, 2.45) is 0 Å². The molecule has 0 saturated carbocycles. The number of carbonyl (C=O) groups is 1. The molecule has 0 unspecified atom stereocenters. The van der Waals surface area contributed by atoms with E-state index in [-0.39, 0.29) is 11.7 Å². The topological polar surface area (TPSA) is 49.3 Å². The van der Waals surface area contributed by atoms with Gasteiger partial charge in [0.05, 0.1) is 0 Å². The number of phenols is 1. The zero-order valence-corrected chi connectivity index (χ0v) is 17.0. The zero-order chi connectivity index (χ0) is 19.6. The van der Waals surface area contributed by atoms with Crippen LogP contribution in [0.3, 0.4) is 0 Å². The summed E-state index contributed by atoms with van der Waals surface area (Å²) >= 11 is 0. The minimum atomic E-state index is -0.127. The van der Waals surface area contributed by atoms with Crippen LogP contribution in [-0.4, -0.2) is 11.0 Å². The van der Waals surface area contributed by atoms with Gasteiger partial charge >= 0.3 is 0 Å². The third kappa shape index (κ3) is 13.8. The molecule has 1 aromatic rings. The zero-order valence-electron chi connectivity index (χ0n) is 17.0. The van der Waals surface area contributed by atoms with E-state index in [1.807, 2.05) is 6.08 Å². The Balaban J connectivity index is 1.93. The van der Waals surface area contributed by atoms with Crippen LogP contribution in [0, 0.1) is 0 Å². The molecule has 0 aliphatic heterocycles. The van der Waals surface area contributed by atoms with Crippen molar-refractivity contribution in [3.8, 4) is 5.75 Å². The van der Waals surface area contributed by atoms with Gasteiger partial charge < -0.3 is 10.4 Å². The molecular formula is C24H37NO2. The Bertz CT molecular complexity index is 546. The van der Waals surface area contributed by atoms with E-state index in [0.717, 1.165) is 12.8 Å². The first-order valence-electron chi connectivity index (χ1n) is 10.6. The van der Waals surface area contributed by atoms with Gasteiger partial charge in [-0.2, -0.15) is 0 Å². The SMILES string of the molecule is CCCCCCCC/C=C\CCCCC/C=C/C(=O)Nc1ccc(O)cc1. The van der Waals surface area contributed by atoms with Crippen molar-refractivity contribution in [3.05, 3.63) is 48.6 Å². The Morgan fingerprint density at radius 2 is 1.33 bits per heavy atom.